The van der Waals surface area contributed by atoms with E-state index in [-0.39, 0.29) is 0 Å². The summed E-state index contributed by atoms with van der Waals surface area (Å²) in [5.74, 6) is 0. The van der Waals surface area contributed by atoms with Crippen LogP contribution in [-0.4, -0.2) is 9.13 Å². The van der Waals surface area contributed by atoms with Crippen molar-refractivity contribution in [1.29, 1.82) is 0 Å². The number of fused-ring (bicyclic) bond motifs is 6. The molecule has 0 saturated carbocycles. The molecular formula is C66H44N2. The van der Waals surface area contributed by atoms with Gasteiger partial charge >= 0.3 is 0 Å². The molecule has 2 heterocycles. The molecule has 13 aromatic rings. The first-order valence-corrected chi connectivity index (χ1v) is 23.4. The summed E-state index contributed by atoms with van der Waals surface area (Å²) in [7, 11) is 0. The van der Waals surface area contributed by atoms with Crippen LogP contribution in [0.2, 0.25) is 0 Å². The lowest BCUT2D eigenvalue weighted by Crippen LogP contribution is -1.95. The predicted molar refractivity (Wildman–Crippen MR) is 288 cm³/mol. The summed E-state index contributed by atoms with van der Waals surface area (Å²) in [5, 5.41) is 5.05. The van der Waals surface area contributed by atoms with Crippen LogP contribution in [-0.2, 0) is 0 Å². The molecular weight excluding hydrogens is 821 g/mol. The second-order valence-corrected chi connectivity index (χ2v) is 17.6. The molecule has 0 aliphatic heterocycles. The molecule has 0 unspecified atom stereocenters. The van der Waals surface area contributed by atoms with Gasteiger partial charge in [0.25, 0.3) is 0 Å². The minimum Gasteiger partial charge on any atom is -0.309 e. The van der Waals surface area contributed by atoms with Crippen LogP contribution in [0.3, 0.4) is 0 Å². The fourth-order valence-corrected chi connectivity index (χ4v) is 10.7. The predicted octanol–water partition coefficient (Wildman–Crippen LogP) is 17.9. The van der Waals surface area contributed by atoms with Gasteiger partial charge in [-0.25, -0.2) is 0 Å². The lowest BCUT2D eigenvalue weighted by atomic mass is 9.84. The maximum Gasteiger partial charge on any atom is 0.0541 e. The summed E-state index contributed by atoms with van der Waals surface area (Å²) in [6, 6.07) is 97.5. The Morgan fingerprint density at radius 2 is 0.471 bits per heavy atom. The zero-order valence-corrected chi connectivity index (χ0v) is 37.3. The van der Waals surface area contributed by atoms with Crippen molar-refractivity contribution in [2.75, 3.05) is 0 Å². The van der Waals surface area contributed by atoms with Crippen LogP contribution in [0.25, 0.3) is 122 Å². The Kier molecular flexibility index (Phi) is 9.54. The zero-order valence-electron chi connectivity index (χ0n) is 37.3. The fraction of sp³-hybridized carbons (Fsp3) is 0. The van der Waals surface area contributed by atoms with Crippen LogP contribution >= 0.6 is 0 Å². The van der Waals surface area contributed by atoms with Gasteiger partial charge in [-0.3, -0.25) is 0 Å². The topological polar surface area (TPSA) is 9.86 Å². The van der Waals surface area contributed by atoms with Crippen LogP contribution in [0.4, 0.5) is 0 Å². The van der Waals surface area contributed by atoms with E-state index in [0.717, 1.165) is 16.9 Å². The molecule has 0 spiro atoms. The SMILES string of the molecule is c1ccc(-c2ccccc2-c2ccccc2-c2ccccc2-c2ccc(-c3ccc(-n4c5ccccc5c5ccccc54)cc3)cc2-c2ccc(-n3c4ccccc4c4ccccc43)cc2)cc1. The summed E-state index contributed by atoms with van der Waals surface area (Å²) in [4.78, 5) is 0. The molecule has 0 fully saturated rings. The lowest BCUT2D eigenvalue weighted by molar-refractivity contribution is 1.18. The summed E-state index contributed by atoms with van der Waals surface area (Å²) in [5.41, 5.74) is 21.4. The Balaban J connectivity index is 0.968. The highest BCUT2D eigenvalue weighted by Crippen LogP contribution is 2.45. The molecule has 0 atom stereocenters. The van der Waals surface area contributed by atoms with Crippen molar-refractivity contribution in [3.63, 3.8) is 0 Å². The van der Waals surface area contributed by atoms with E-state index in [1.807, 2.05) is 0 Å². The number of nitrogens with zero attached hydrogens (tertiary/aromatic N) is 2. The lowest BCUT2D eigenvalue weighted by Gasteiger charge is -2.20. The highest BCUT2D eigenvalue weighted by atomic mass is 15.0. The first kappa shape index (κ1) is 39.4. The van der Waals surface area contributed by atoms with Crippen molar-refractivity contribution < 1.29 is 0 Å². The molecule has 0 bridgehead atoms. The van der Waals surface area contributed by atoms with Crippen LogP contribution in [0.1, 0.15) is 0 Å². The van der Waals surface area contributed by atoms with E-state index in [1.54, 1.807) is 0 Å². The first-order valence-electron chi connectivity index (χ1n) is 23.4. The molecule has 13 rings (SSSR count). The van der Waals surface area contributed by atoms with Gasteiger partial charge in [-0.1, -0.05) is 212 Å². The van der Waals surface area contributed by atoms with Gasteiger partial charge in [0.1, 0.15) is 0 Å². The minimum absolute atomic E-state index is 1.14. The normalized spacial score (nSPS) is 11.5. The maximum absolute atomic E-state index is 2.40. The third kappa shape index (κ3) is 6.57. The van der Waals surface area contributed by atoms with Crippen molar-refractivity contribution in [2.45, 2.75) is 0 Å². The van der Waals surface area contributed by atoms with E-state index in [9.17, 15) is 0 Å². The standard InChI is InChI=1S/C66H44N2/c1-2-18-46(19-3-1)51-20-4-5-21-52(51)53-22-6-7-23-54(53)55-24-8-9-25-56(55)57-43-38-48(45-34-39-49(40-35-45)67-63-30-14-10-26-58(63)59-27-11-15-31-64(59)67)44-62(57)47-36-41-50(42-37-47)68-65-32-16-12-28-60(65)61-29-13-17-33-66(61)68/h1-44H. The first-order chi connectivity index (χ1) is 33.8. The van der Waals surface area contributed by atoms with Gasteiger partial charge in [0.05, 0.1) is 22.1 Å². The molecule has 0 aliphatic rings. The van der Waals surface area contributed by atoms with Crippen molar-refractivity contribution in [2.24, 2.45) is 0 Å². The number of benzene rings is 11. The third-order valence-electron chi connectivity index (χ3n) is 13.8. The van der Waals surface area contributed by atoms with Crippen LogP contribution in [0.15, 0.2) is 267 Å². The molecule has 0 radical (unpaired) electrons. The van der Waals surface area contributed by atoms with Gasteiger partial charge in [-0.15, -0.1) is 0 Å². The monoisotopic (exact) mass is 864 g/mol. The van der Waals surface area contributed by atoms with E-state index in [2.05, 4.69) is 276 Å². The highest BCUT2D eigenvalue weighted by molar-refractivity contribution is 6.10. The molecule has 2 nitrogen and oxygen atoms in total. The van der Waals surface area contributed by atoms with Gasteiger partial charge in [0, 0.05) is 32.9 Å². The van der Waals surface area contributed by atoms with Crippen LogP contribution in [0, 0.1) is 0 Å². The van der Waals surface area contributed by atoms with Gasteiger partial charge in [0.2, 0.25) is 0 Å². The van der Waals surface area contributed by atoms with Gasteiger partial charge in [-0.2, -0.15) is 0 Å². The van der Waals surface area contributed by atoms with Gasteiger partial charge in [0.15, 0.2) is 0 Å². The van der Waals surface area contributed by atoms with Crippen molar-refractivity contribution in [3.8, 4) is 78.1 Å². The number of para-hydroxylation sites is 4. The van der Waals surface area contributed by atoms with E-state index >= 15 is 0 Å². The largest absolute Gasteiger partial charge is 0.309 e. The number of hydrogen-bond donors (Lipinski definition) is 0. The van der Waals surface area contributed by atoms with Crippen LogP contribution < -0.4 is 0 Å². The van der Waals surface area contributed by atoms with Crippen molar-refractivity contribution in [1.82, 2.24) is 9.13 Å². The maximum atomic E-state index is 2.40. The second-order valence-electron chi connectivity index (χ2n) is 17.6. The second kappa shape index (κ2) is 16.5. The third-order valence-corrected chi connectivity index (χ3v) is 13.8. The summed E-state index contributed by atoms with van der Waals surface area (Å²) in [6.45, 7) is 0. The average molecular weight is 865 g/mol. The van der Waals surface area contributed by atoms with E-state index < -0.39 is 0 Å². The molecule has 2 heteroatoms. The minimum atomic E-state index is 1.14. The molecule has 0 N–H and O–H groups in total. The van der Waals surface area contributed by atoms with E-state index in [1.165, 1.54) is 105 Å². The summed E-state index contributed by atoms with van der Waals surface area (Å²) < 4.78 is 4.78. The van der Waals surface area contributed by atoms with E-state index in [4.69, 9.17) is 0 Å². The Bertz CT molecular complexity index is 3890. The number of hydrogen-bond acceptors (Lipinski definition) is 0. The smallest absolute Gasteiger partial charge is 0.0541 e. The molecule has 11 aromatic carbocycles. The summed E-state index contributed by atoms with van der Waals surface area (Å²) >= 11 is 0. The molecule has 2 aromatic heterocycles. The molecule has 0 aliphatic carbocycles. The Hall–Kier alpha value is -8.98. The van der Waals surface area contributed by atoms with Gasteiger partial charge < -0.3 is 9.13 Å². The molecule has 0 saturated heterocycles. The van der Waals surface area contributed by atoms with Crippen LogP contribution in [0.5, 0.6) is 0 Å². The Morgan fingerprint density at radius 3 is 0.897 bits per heavy atom. The quantitative estimate of drug-likeness (QED) is 0.144. The Morgan fingerprint density at radius 1 is 0.176 bits per heavy atom. The summed E-state index contributed by atoms with van der Waals surface area (Å²) in [6.07, 6.45) is 0. The fourth-order valence-electron chi connectivity index (χ4n) is 10.7. The zero-order chi connectivity index (χ0) is 45.0. The number of rotatable bonds is 8. The molecule has 318 valence electrons. The Labute approximate surface area is 395 Å². The molecule has 68 heavy (non-hydrogen) atoms. The average Bonchev–Trinajstić information content (AvgIpc) is 3.94. The van der Waals surface area contributed by atoms with Crippen molar-refractivity contribution >= 4 is 43.6 Å². The van der Waals surface area contributed by atoms with Gasteiger partial charge in [-0.05, 0) is 121 Å². The molecule has 0 amide bonds. The van der Waals surface area contributed by atoms with E-state index in [0.29, 0.717) is 0 Å². The van der Waals surface area contributed by atoms with Crippen molar-refractivity contribution in [3.05, 3.63) is 267 Å². The number of aromatic nitrogens is 2. The highest BCUT2D eigenvalue weighted by Gasteiger charge is 2.19.